The Morgan fingerprint density at radius 1 is 1.19 bits per heavy atom. The first-order chi connectivity index (χ1) is 10.1. The van der Waals surface area contributed by atoms with Gasteiger partial charge in [-0.2, -0.15) is 0 Å². The molecule has 1 aromatic heterocycles. The number of hydrogen-bond acceptors (Lipinski definition) is 2. The average molecular weight is 326 g/mol. The first-order valence-corrected chi connectivity index (χ1v) is 8.09. The van der Waals surface area contributed by atoms with Crippen LogP contribution in [0.3, 0.4) is 0 Å². The van der Waals surface area contributed by atoms with Crippen molar-refractivity contribution in [3.05, 3.63) is 52.0 Å². The lowest BCUT2D eigenvalue weighted by atomic mass is 10.0. The van der Waals surface area contributed by atoms with E-state index in [2.05, 4.69) is 28.7 Å². The van der Waals surface area contributed by atoms with Gasteiger partial charge in [0, 0.05) is 41.4 Å². The summed E-state index contributed by atoms with van der Waals surface area (Å²) < 4.78 is 2.20. The Morgan fingerprint density at radius 3 is 2.52 bits per heavy atom. The summed E-state index contributed by atoms with van der Waals surface area (Å²) in [5.74, 6) is 1.08. The molecule has 0 spiro atoms. The van der Waals surface area contributed by atoms with Crippen LogP contribution in [0.25, 0.3) is 0 Å². The number of aryl methyl sites for hydroxylation is 1. The highest BCUT2D eigenvalue weighted by Crippen LogP contribution is 2.25. The molecule has 114 valence electrons. The topological polar surface area (TPSA) is 29.9 Å². The normalized spacial score (nSPS) is 12.6. The number of rotatable bonds is 7. The molecular weight excluding hydrogens is 305 g/mol. The zero-order valence-electron chi connectivity index (χ0n) is 12.4. The van der Waals surface area contributed by atoms with Crippen LogP contribution in [0.5, 0.6) is 0 Å². The predicted molar refractivity (Wildman–Crippen MR) is 89.1 cm³/mol. The summed E-state index contributed by atoms with van der Waals surface area (Å²) in [7, 11) is 0. The summed E-state index contributed by atoms with van der Waals surface area (Å²) in [6.07, 6.45) is 5.81. The van der Waals surface area contributed by atoms with Crippen LogP contribution in [-0.4, -0.2) is 16.1 Å². The van der Waals surface area contributed by atoms with E-state index < -0.39 is 0 Å². The lowest BCUT2D eigenvalue weighted by Gasteiger charge is -2.19. The molecule has 0 radical (unpaired) electrons. The summed E-state index contributed by atoms with van der Waals surface area (Å²) in [5, 5.41) is 4.82. The van der Waals surface area contributed by atoms with Gasteiger partial charge in [-0.1, -0.05) is 37.0 Å². The second kappa shape index (κ2) is 7.83. The predicted octanol–water partition coefficient (Wildman–Crippen LogP) is 4.49. The summed E-state index contributed by atoms with van der Waals surface area (Å²) in [6.45, 7) is 6.13. The quantitative estimate of drug-likeness (QED) is 0.812. The van der Waals surface area contributed by atoms with Gasteiger partial charge in [0.1, 0.15) is 5.82 Å². The number of halogens is 2. The zero-order chi connectivity index (χ0) is 15.2. The van der Waals surface area contributed by atoms with Crippen molar-refractivity contribution in [2.75, 3.05) is 6.54 Å². The molecule has 1 atom stereocenters. The number of hydrogen-bond donors (Lipinski definition) is 1. The minimum atomic E-state index is 0.157. The second-order valence-corrected chi connectivity index (χ2v) is 5.93. The van der Waals surface area contributed by atoms with E-state index in [1.54, 1.807) is 6.07 Å². The van der Waals surface area contributed by atoms with E-state index >= 15 is 0 Å². The number of nitrogens with one attached hydrogen (secondary N) is 1. The summed E-state index contributed by atoms with van der Waals surface area (Å²) >= 11 is 12.2. The fraction of sp³-hybridized carbons (Fsp3) is 0.438. The van der Waals surface area contributed by atoms with Crippen molar-refractivity contribution in [2.45, 2.75) is 39.3 Å². The molecular formula is C16H21Cl2N3. The molecule has 0 saturated carbocycles. The summed E-state index contributed by atoms with van der Waals surface area (Å²) in [6, 6.07) is 5.85. The number of imidazole rings is 1. The summed E-state index contributed by atoms with van der Waals surface area (Å²) in [4.78, 5) is 4.48. The number of nitrogens with zero attached hydrogens (tertiary/aromatic N) is 2. The molecule has 1 unspecified atom stereocenters. The Bertz CT molecular complexity index is 560. The molecule has 2 rings (SSSR count). The maximum Gasteiger partial charge on any atom is 0.110 e. The molecule has 1 heterocycles. The fourth-order valence-corrected chi connectivity index (χ4v) is 3.03. The van der Waals surface area contributed by atoms with Crippen molar-refractivity contribution in [1.29, 1.82) is 0 Å². The van der Waals surface area contributed by atoms with Gasteiger partial charge >= 0.3 is 0 Å². The number of likely N-dealkylation sites (N-methyl/N-ethyl adjacent to an activating group) is 1. The van der Waals surface area contributed by atoms with Gasteiger partial charge in [-0.25, -0.2) is 4.98 Å². The molecule has 21 heavy (non-hydrogen) atoms. The maximum atomic E-state index is 6.12. The van der Waals surface area contributed by atoms with Crippen molar-refractivity contribution in [2.24, 2.45) is 0 Å². The highest BCUT2D eigenvalue weighted by Gasteiger charge is 2.15. The average Bonchev–Trinajstić information content (AvgIpc) is 2.85. The molecule has 0 aliphatic rings. The largest absolute Gasteiger partial charge is 0.335 e. The monoisotopic (exact) mass is 325 g/mol. The van der Waals surface area contributed by atoms with Gasteiger partial charge in [0.25, 0.3) is 0 Å². The molecule has 1 N–H and O–H groups in total. The molecule has 3 nitrogen and oxygen atoms in total. The van der Waals surface area contributed by atoms with E-state index in [-0.39, 0.29) is 6.04 Å². The van der Waals surface area contributed by atoms with E-state index in [0.717, 1.165) is 37.3 Å². The van der Waals surface area contributed by atoms with Crippen molar-refractivity contribution in [3.63, 3.8) is 0 Å². The first kappa shape index (κ1) is 16.3. The van der Waals surface area contributed by atoms with Gasteiger partial charge in [-0.15, -0.1) is 0 Å². The molecule has 5 heteroatoms. The van der Waals surface area contributed by atoms with Crippen LogP contribution in [-0.2, 0) is 13.0 Å². The zero-order valence-corrected chi connectivity index (χ0v) is 14.0. The van der Waals surface area contributed by atoms with E-state index in [0.29, 0.717) is 10.0 Å². The first-order valence-electron chi connectivity index (χ1n) is 7.33. The minimum Gasteiger partial charge on any atom is -0.335 e. The third-order valence-electron chi connectivity index (χ3n) is 3.39. The Labute approximate surface area is 136 Å². The van der Waals surface area contributed by atoms with Crippen molar-refractivity contribution < 1.29 is 0 Å². The van der Waals surface area contributed by atoms with E-state index in [9.17, 15) is 0 Å². The van der Waals surface area contributed by atoms with E-state index in [1.807, 2.05) is 24.5 Å². The lowest BCUT2D eigenvalue weighted by molar-refractivity contribution is 0.516. The van der Waals surface area contributed by atoms with Gasteiger partial charge in [0.2, 0.25) is 0 Å². The Kier molecular flexibility index (Phi) is 6.09. The smallest absolute Gasteiger partial charge is 0.110 e. The van der Waals surface area contributed by atoms with Gasteiger partial charge in [-0.05, 0) is 36.7 Å². The molecule has 0 amide bonds. The van der Waals surface area contributed by atoms with Gasteiger partial charge in [0.05, 0.1) is 0 Å². The molecule has 0 aliphatic carbocycles. The lowest BCUT2D eigenvalue weighted by Crippen LogP contribution is -2.24. The standard InChI is InChI=1S/C16H21Cl2N3/c1-3-6-21-7-5-20-16(21)11-15(19-4-2)12-8-13(17)10-14(18)9-12/h5,7-10,15,19H,3-4,6,11H2,1-2H3. The van der Waals surface area contributed by atoms with Crippen LogP contribution in [0, 0.1) is 0 Å². The van der Waals surface area contributed by atoms with Crippen LogP contribution < -0.4 is 5.32 Å². The maximum absolute atomic E-state index is 6.12. The second-order valence-electron chi connectivity index (χ2n) is 5.05. The van der Waals surface area contributed by atoms with Crippen molar-refractivity contribution in [3.8, 4) is 0 Å². The molecule has 2 aromatic rings. The third kappa shape index (κ3) is 4.47. The van der Waals surface area contributed by atoms with Gasteiger partial charge in [-0.3, -0.25) is 0 Å². The SMILES string of the molecule is CCCn1ccnc1CC(NCC)c1cc(Cl)cc(Cl)c1. The molecule has 1 aromatic carbocycles. The highest BCUT2D eigenvalue weighted by atomic mass is 35.5. The van der Waals surface area contributed by atoms with Crippen molar-refractivity contribution >= 4 is 23.2 Å². The van der Waals surface area contributed by atoms with Crippen LogP contribution in [0.15, 0.2) is 30.6 Å². The van der Waals surface area contributed by atoms with Crippen LogP contribution in [0.4, 0.5) is 0 Å². The third-order valence-corrected chi connectivity index (χ3v) is 3.83. The van der Waals surface area contributed by atoms with Gasteiger partial charge < -0.3 is 9.88 Å². The molecule has 0 bridgehead atoms. The Morgan fingerprint density at radius 2 is 1.90 bits per heavy atom. The number of aromatic nitrogens is 2. The fourth-order valence-electron chi connectivity index (χ4n) is 2.49. The van der Waals surface area contributed by atoms with Crippen molar-refractivity contribution in [1.82, 2.24) is 14.9 Å². The summed E-state index contributed by atoms with van der Waals surface area (Å²) in [5.41, 5.74) is 1.10. The number of benzene rings is 1. The van der Waals surface area contributed by atoms with Gasteiger partial charge in [0.15, 0.2) is 0 Å². The highest BCUT2D eigenvalue weighted by molar-refractivity contribution is 6.34. The van der Waals surface area contributed by atoms with Crippen LogP contribution in [0.2, 0.25) is 10.0 Å². The molecule has 0 saturated heterocycles. The van der Waals surface area contributed by atoms with E-state index in [1.165, 1.54) is 0 Å². The van der Waals surface area contributed by atoms with Crippen LogP contribution >= 0.6 is 23.2 Å². The van der Waals surface area contributed by atoms with E-state index in [4.69, 9.17) is 23.2 Å². The molecule has 0 aliphatic heterocycles. The molecule has 0 fully saturated rings. The van der Waals surface area contributed by atoms with Crippen LogP contribution in [0.1, 0.15) is 37.7 Å². The Balaban J connectivity index is 2.24. The Hall–Kier alpha value is -1.03. The minimum absolute atomic E-state index is 0.157.